The highest BCUT2D eigenvalue weighted by molar-refractivity contribution is 6.66. The van der Waals surface area contributed by atoms with Crippen molar-refractivity contribution in [1.82, 2.24) is 4.98 Å². The van der Waals surface area contributed by atoms with Crippen LogP contribution in [0.5, 0.6) is 0 Å². The second-order valence-corrected chi connectivity index (χ2v) is 3.99. The zero-order valence-electron chi connectivity index (χ0n) is 6.89. The first-order valence-electron chi connectivity index (χ1n) is 3.59. The molecular formula is C8H10Cl3N. The first-order chi connectivity index (χ1) is 5.61. The van der Waals surface area contributed by atoms with Crippen molar-refractivity contribution in [2.24, 2.45) is 0 Å². The van der Waals surface area contributed by atoms with Crippen LogP contribution in [0.1, 0.15) is 19.5 Å². The maximum atomic E-state index is 5.53. The molecule has 0 amide bonds. The van der Waals surface area contributed by atoms with Gasteiger partial charge in [-0.25, -0.2) is 0 Å². The van der Waals surface area contributed by atoms with Gasteiger partial charge in [-0.2, -0.15) is 0 Å². The molecule has 0 unspecified atom stereocenters. The van der Waals surface area contributed by atoms with Gasteiger partial charge in [-0.05, 0) is 12.1 Å². The molecule has 12 heavy (non-hydrogen) atoms. The molecule has 0 aliphatic heterocycles. The predicted octanol–water partition coefficient (Wildman–Crippen LogP) is 3.93. The molecule has 1 nitrogen and oxygen atoms in total. The first kappa shape index (κ1) is 12.0. The third-order valence-electron chi connectivity index (χ3n) is 0.955. The maximum absolute atomic E-state index is 5.53. The highest BCUT2D eigenvalue weighted by Gasteiger charge is 2.23. The van der Waals surface area contributed by atoms with Crippen molar-refractivity contribution in [3.63, 3.8) is 0 Å². The van der Waals surface area contributed by atoms with Crippen LogP contribution in [0.4, 0.5) is 0 Å². The average molecular weight is 227 g/mol. The van der Waals surface area contributed by atoms with Crippen LogP contribution in [-0.2, 0) is 3.79 Å². The van der Waals surface area contributed by atoms with E-state index in [1.807, 2.05) is 13.8 Å². The Balaban J connectivity index is 0.000000561. The van der Waals surface area contributed by atoms with E-state index in [0.717, 1.165) is 0 Å². The Morgan fingerprint density at radius 2 is 1.75 bits per heavy atom. The summed E-state index contributed by atoms with van der Waals surface area (Å²) < 4.78 is -1.40. The van der Waals surface area contributed by atoms with Crippen molar-refractivity contribution >= 4 is 34.8 Å². The number of nitrogens with zero attached hydrogens (tertiary/aromatic N) is 1. The minimum absolute atomic E-state index is 0.444. The van der Waals surface area contributed by atoms with Gasteiger partial charge in [0.2, 0.25) is 3.79 Å². The minimum atomic E-state index is -1.40. The molecule has 0 aliphatic carbocycles. The van der Waals surface area contributed by atoms with Gasteiger partial charge in [0, 0.05) is 6.20 Å². The molecule has 0 bridgehead atoms. The number of pyridine rings is 1. The summed E-state index contributed by atoms with van der Waals surface area (Å²) in [6.45, 7) is 4.00. The summed E-state index contributed by atoms with van der Waals surface area (Å²) in [5.41, 5.74) is 0.444. The van der Waals surface area contributed by atoms with E-state index in [-0.39, 0.29) is 0 Å². The summed E-state index contributed by atoms with van der Waals surface area (Å²) >= 11 is 16.6. The van der Waals surface area contributed by atoms with E-state index in [1.54, 1.807) is 24.4 Å². The average Bonchev–Trinajstić information content (AvgIpc) is 2.08. The quantitative estimate of drug-likeness (QED) is 0.611. The summed E-state index contributed by atoms with van der Waals surface area (Å²) in [5, 5.41) is 0. The van der Waals surface area contributed by atoms with Crippen LogP contribution in [-0.4, -0.2) is 4.98 Å². The lowest BCUT2D eigenvalue weighted by Gasteiger charge is -2.07. The Bertz CT molecular complexity index is 205. The fourth-order valence-electron chi connectivity index (χ4n) is 0.530. The van der Waals surface area contributed by atoms with Gasteiger partial charge < -0.3 is 0 Å². The van der Waals surface area contributed by atoms with Crippen molar-refractivity contribution < 1.29 is 0 Å². The molecule has 68 valence electrons. The summed E-state index contributed by atoms with van der Waals surface area (Å²) in [7, 11) is 0. The Morgan fingerprint density at radius 3 is 2.00 bits per heavy atom. The zero-order chi connectivity index (χ0) is 9.61. The van der Waals surface area contributed by atoms with E-state index in [2.05, 4.69) is 4.98 Å². The Hall–Kier alpha value is 0.0200. The lowest BCUT2D eigenvalue weighted by Crippen LogP contribution is -2.01. The Labute approximate surface area is 87.7 Å². The van der Waals surface area contributed by atoms with Crippen molar-refractivity contribution in [3.8, 4) is 0 Å². The van der Waals surface area contributed by atoms with Gasteiger partial charge >= 0.3 is 0 Å². The second kappa shape index (κ2) is 5.63. The molecule has 1 heterocycles. The molecule has 0 aromatic carbocycles. The first-order valence-corrected chi connectivity index (χ1v) is 4.72. The van der Waals surface area contributed by atoms with Gasteiger partial charge in [0.25, 0.3) is 0 Å². The van der Waals surface area contributed by atoms with Gasteiger partial charge in [0.15, 0.2) is 0 Å². The number of alkyl halides is 3. The summed E-state index contributed by atoms with van der Waals surface area (Å²) in [4.78, 5) is 3.85. The lowest BCUT2D eigenvalue weighted by atomic mass is 10.4. The van der Waals surface area contributed by atoms with Crippen LogP contribution >= 0.6 is 34.8 Å². The highest BCUT2D eigenvalue weighted by atomic mass is 35.6. The van der Waals surface area contributed by atoms with E-state index in [0.29, 0.717) is 5.69 Å². The van der Waals surface area contributed by atoms with Crippen LogP contribution in [0.3, 0.4) is 0 Å². The third-order valence-corrected chi connectivity index (χ3v) is 1.54. The monoisotopic (exact) mass is 225 g/mol. The van der Waals surface area contributed by atoms with E-state index < -0.39 is 3.79 Å². The zero-order valence-corrected chi connectivity index (χ0v) is 9.16. The van der Waals surface area contributed by atoms with Crippen LogP contribution in [0.25, 0.3) is 0 Å². The van der Waals surface area contributed by atoms with E-state index in [9.17, 15) is 0 Å². The van der Waals surface area contributed by atoms with E-state index in [4.69, 9.17) is 34.8 Å². The molecule has 0 radical (unpaired) electrons. The molecule has 4 heteroatoms. The number of rotatable bonds is 0. The molecule has 0 saturated carbocycles. The molecule has 0 fully saturated rings. The Morgan fingerprint density at radius 1 is 1.17 bits per heavy atom. The van der Waals surface area contributed by atoms with Crippen LogP contribution in [0.15, 0.2) is 24.4 Å². The molecule has 0 spiro atoms. The van der Waals surface area contributed by atoms with Gasteiger partial charge in [-0.3, -0.25) is 4.98 Å². The van der Waals surface area contributed by atoms with Crippen molar-refractivity contribution in [1.29, 1.82) is 0 Å². The standard InChI is InChI=1S/C6H4Cl3N.C2H6/c7-6(8,9)5-3-1-2-4-10-5;1-2/h1-4H;1-2H3. The van der Waals surface area contributed by atoms with Gasteiger partial charge in [0.1, 0.15) is 0 Å². The molecule has 0 aliphatic rings. The van der Waals surface area contributed by atoms with Crippen LogP contribution in [0, 0.1) is 0 Å². The fourth-order valence-corrected chi connectivity index (χ4v) is 0.866. The maximum Gasteiger partial charge on any atom is 0.232 e. The minimum Gasteiger partial charge on any atom is -0.257 e. The smallest absolute Gasteiger partial charge is 0.232 e. The van der Waals surface area contributed by atoms with E-state index >= 15 is 0 Å². The van der Waals surface area contributed by atoms with Crippen molar-refractivity contribution in [3.05, 3.63) is 30.1 Å². The van der Waals surface area contributed by atoms with Gasteiger partial charge in [-0.1, -0.05) is 54.7 Å². The molecule has 1 rings (SSSR count). The highest BCUT2D eigenvalue weighted by Crippen LogP contribution is 2.36. The number of hydrogen-bond donors (Lipinski definition) is 0. The van der Waals surface area contributed by atoms with Crippen molar-refractivity contribution in [2.45, 2.75) is 17.6 Å². The fraction of sp³-hybridized carbons (Fsp3) is 0.375. The molecule has 0 atom stereocenters. The summed E-state index contributed by atoms with van der Waals surface area (Å²) in [6.07, 6.45) is 1.58. The molecule has 1 aromatic rings. The number of aromatic nitrogens is 1. The number of halogens is 3. The topological polar surface area (TPSA) is 12.9 Å². The molecular weight excluding hydrogens is 216 g/mol. The summed E-state index contributed by atoms with van der Waals surface area (Å²) in [6, 6.07) is 5.19. The van der Waals surface area contributed by atoms with Crippen LogP contribution < -0.4 is 0 Å². The molecule has 0 saturated heterocycles. The Kier molecular flexibility index (Phi) is 5.64. The molecule has 1 aromatic heterocycles. The SMILES string of the molecule is CC.ClC(Cl)(Cl)c1ccccn1. The summed E-state index contributed by atoms with van der Waals surface area (Å²) in [5.74, 6) is 0. The normalized spacial score (nSPS) is 10.1. The lowest BCUT2D eigenvalue weighted by molar-refractivity contribution is 1.09. The number of hydrogen-bond acceptors (Lipinski definition) is 1. The second-order valence-electron chi connectivity index (χ2n) is 1.71. The molecule has 0 N–H and O–H groups in total. The van der Waals surface area contributed by atoms with Crippen molar-refractivity contribution in [2.75, 3.05) is 0 Å². The van der Waals surface area contributed by atoms with Gasteiger partial charge in [-0.15, -0.1) is 0 Å². The van der Waals surface area contributed by atoms with Gasteiger partial charge in [0.05, 0.1) is 5.69 Å². The predicted molar refractivity (Wildman–Crippen MR) is 54.8 cm³/mol. The van der Waals surface area contributed by atoms with Crippen LogP contribution in [0.2, 0.25) is 0 Å². The van der Waals surface area contributed by atoms with E-state index in [1.165, 1.54) is 0 Å². The third kappa shape index (κ3) is 4.15. The largest absolute Gasteiger partial charge is 0.257 e.